The fraction of sp³-hybridized carbons (Fsp3) is 0.306. The maximum absolute atomic E-state index is 2.75. The van der Waals surface area contributed by atoms with Crippen molar-refractivity contribution in [3.05, 3.63) is 163 Å². The summed E-state index contributed by atoms with van der Waals surface area (Å²) in [6.45, 7) is 7.61. The lowest BCUT2D eigenvalue weighted by molar-refractivity contribution is 0.280. The first-order chi connectivity index (χ1) is 26.1. The van der Waals surface area contributed by atoms with Gasteiger partial charge in [-0.3, -0.25) is 0 Å². The number of anilines is 3. The Morgan fingerprint density at radius 1 is 0.792 bits per heavy atom. The maximum atomic E-state index is 2.75. The predicted molar refractivity (Wildman–Crippen MR) is 225 cm³/mol. The normalized spacial score (nSPS) is 24.7. The van der Waals surface area contributed by atoms with Crippen LogP contribution in [0.25, 0.3) is 22.7 Å². The van der Waals surface area contributed by atoms with Crippen LogP contribution in [0, 0.1) is 11.8 Å². The maximum Gasteiger partial charge on any atom is 0.0548 e. The summed E-state index contributed by atoms with van der Waals surface area (Å²) in [6.07, 6.45) is 35.8. The van der Waals surface area contributed by atoms with Crippen LogP contribution >= 0.6 is 0 Å². The standard InChI is InChI=1S/C49H52N4/c1-4-14-35(3)50(5-2)36-23-25-37(26-24-36)51(38-27-31-40(32-28-38)52-46-19-10-6-15-42(46)43-16-7-11-20-47(43)52)39-29-33-41(34-30-39)53-48-21-12-8-17-44(48)45-18-9-13-22-49(45)53/h4,6-12,14-21,23-26,29-31,33-35,38,42-43,46-47H,5,13,22,27-28,32H2,1-3H3/b14-4-. The van der Waals surface area contributed by atoms with Crippen molar-refractivity contribution in [2.45, 2.75) is 77.0 Å². The quantitative estimate of drug-likeness (QED) is 0.162. The Morgan fingerprint density at radius 3 is 2.11 bits per heavy atom. The van der Waals surface area contributed by atoms with E-state index in [1.165, 1.54) is 50.6 Å². The average molecular weight is 697 g/mol. The lowest BCUT2D eigenvalue weighted by atomic mass is 9.83. The van der Waals surface area contributed by atoms with E-state index in [0.717, 1.165) is 38.6 Å². The molecule has 0 radical (unpaired) electrons. The fourth-order valence-corrected chi connectivity index (χ4v) is 10.0. The minimum atomic E-state index is 0.348. The molecule has 9 rings (SSSR count). The third-order valence-electron chi connectivity index (χ3n) is 12.4. The topological polar surface area (TPSA) is 14.7 Å². The molecule has 6 unspecified atom stereocenters. The summed E-state index contributed by atoms with van der Waals surface area (Å²) in [5, 5.41) is 1.34. The zero-order chi connectivity index (χ0) is 35.9. The minimum absolute atomic E-state index is 0.348. The highest BCUT2D eigenvalue weighted by Crippen LogP contribution is 2.46. The van der Waals surface area contributed by atoms with Crippen LogP contribution < -0.4 is 9.80 Å². The van der Waals surface area contributed by atoms with Crippen LogP contribution in [0.2, 0.25) is 0 Å². The summed E-state index contributed by atoms with van der Waals surface area (Å²) in [5.74, 6) is 1.08. The molecule has 0 amide bonds. The molecule has 0 bridgehead atoms. The second kappa shape index (κ2) is 14.3. The van der Waals surface area contributed by atoms with Gasteiger partial charge < -0.3 is 19.3 Å². The van der Waals surface area contributed by atoms with E-state index in [2.05, 4.69) is 192 Å². The van der Waals surface area contributed by atoms with Crippen molar-refractivity contribution in [1.82, 2.24) is 9.47 Å². The molecule has 268 valence electrons. The second-order valence-electron chi connectivity index (χ2n) is 15.3. The largest absolute Gasteiger partial charge is 0.366 e. The molecule has 4 aliphatic carbocycles. The molecule has 0 spiro atoms. The summed E-state index contributed by atoms with van der Waals surface area (Å²) < 4.78 is 2.50. The number of nitrogens with zero attached hydrogens (tertiary/aromatic N) is 4. The number of likely N-dealkylation sites (tertiary alicyclic amines) is 1. The van der Waals surface area contributed by atoms with Gasteiger partial charge in [-0.25, -0.2) is 0 Å². The number of para-hydroxylation sites is 1. The molecule has 1 saturated heterocycles. The number of rotatable bonds is 9. The molecule has 2 heterocycles. The van der Waals surface area contributed by atoms with Crippen LogP contribution in [0.3, 0.4) is 0 Å². The van der Waals surface area contributed by atoms with Crippen LogP contribution in [0.1, 0.15) is 57.7 Å². The van der Waals surface area contributed by atoms with Crippen molar-refractivity contribution in [3.63, 3.8) is 0 Å². The van der Waals surface area contributed by atoms with Gasteiger partial charge in [0.2, 0.25) is 0 Å². The van der Waals surface area contributed by atoms with E-state index in [1.54, 1.807) is 0 Å². The third kappa shape index (κ3) is 5.93. The first-order valence-electron chi connectivity index (χ1n) is 20.0. The van der Waals surface area contributed by atoms with Gasteiger partial charge in [0.05, 0.1) is 17.6 Å². The van der Waals surface area contributed by atoms with E-state index in [-0.39, 0.29) is 0 Å². The molecular weight excluding hydrogens is 645 g/mol. The summed E-state index contributed by atoms with van der Waals surface area (Å²) in [5.41, 5.74) is 10.6. The molecule has 53 heavy (non-hydrogen) atoms. The van der Waals surface area contributed by atoms with Gasteiger partial charge in [0.15, 0.2) is 0 Å². The van der Waals surface area contributed by atoms with Gasteiger partial charge in [0.25, 0.3) is 0 Å². The SMILES string of the molecule is C/C=C\C(C)N(CC)c1ccc(N(c2ccc(-n3c4c(c5ccccc53)C=CCC4)cc2)C2CC=C(N3C4C=CC=CC4C4C=CC=CC43)CC2)cc1. The fourth-order valence-electron chi connectivity index (χ4n) is 10.0. The van der Waals surface area contributed by atoms with Gasteiger partial charge in [-0.15, -0.1) is 0 Å². The van der Waals surface area contributed by atoms with Gasteiger partial charge in [-0.2, -0.15) is 0 Å². The molecule has 6 atom stereocenters. The molecular formula is C49H52N4. The molecule has 1 aliphatic heterocycles. The van der Waals surface area contributed by atoms with Crippen LogP contribution in [0.15, 0.2) is 151 Å². The first-order valence-corrected chi connectivity index (χ1v) is 20.0. The van der Waals surface area contributed by atoms with Crippen molar-refractivity contribution in [2.75, 3.05) is 16.3 Å². The predicted octanol–water partition coefficient (Wildman–Crippen LogP) is 11.5. The summed E-state index contributed by atoms with van der Waals surface area (Å²) in [6, 6.07) is 29.2. The average Bonchev–Trinajstić information content (AvgIpc) is 3.73. The molecule has 0 saturated carbocycles. The number of hydrogen-bond donors (Lipinski definition) is 0. The van der Waals surface area contributed by atoms with E-state index in [0.29, 0.717) is 36.0 Å². The van der Waals surface area contributed by atoms with Crippen molar-refractivity contribution >= 4 is 34.0 Å². The van der Waals surface area contributed by atoms with Crippen molar-refractivity contribution in [1.29, 1.82) is 0 Å². The van der Waals surface area contributed by atoms with Gasteiger partial charge >= 0.3 is 0 Å². The highest BCUT2D eigenvalue weighted by molar-refractivity contribution is 5.93. The molecule has 1 fully saturated rings. The molecule has 4 heteroatoms. The number of benzene rings is 3. The highest BCUT2D eigenvalue weighted by Gasteiger charge is 2.46. The van der Waals surface area contributed by atoms with E-state index in [4.69, 9.17) is 0 Å². The molecule has 1 aromatic heterocycles. The molecule has 3 aromatic carbocycles. The van der Waals surface area contributed by atoms with E-state index < -0.39 is 0 Å². The van der Waals surface area contributed by atoms with E-state index in [9.17, 15) is 0 Å². The lowest BCUT2D eigenvalue weighted by Crippen LogP contribution is -2.39. The number of allylic oxidation sites excluding steroid dienone is 7. The number of aromatic nitrogens is 1. The van der Waals surface area contributed by atoms with Crippen molar-refractivity contribution in [3.8, 4) is 5.69 Å². The number of hydrogen-bond acceptors (Lipinski definition) is 3. The highest BCUT2D eigenvalue weighted by atomic mass is 15.2. The van der Waals surface area contributed by atoms with Crippen molar-refractivity contribution < 1.29 is 0 Å². The monoisotopic (exact) mass is 696 g/mol. The lowest BCUT2D eigenvalue weighted by Gasteiger charge is -2.40. The van der Waals surface area contributed by atoms with Crippen LogP contribution in [0.4, 0.5) is 17.1 Å². The Kier molecular flexibility index (Phi) is 9.07. The van der Waals surface area contributed by atoms with Gasteiger partial charge in [-0.05, 0) is 107 Å². The molecule has 5 aliphatic rings. The Hall–Kier alpha value is -5.22. The Bertz CT molecular complexity index is 2140. The molecule has 4 aromatic rings. The minimum Gasteiger partial charge on any atom is -0.366 e. The number of fused-ring (bicyclic) bond motifs is 6. The first kappa shape index (κ1) is 33.6. The smallest absolute Gasteiger partial charge is 0.0548 e. The number of likely N-dealkylation sites (N-methyl/N-ethyl adjacent to an activating group) is 1. The Morgan fingerprint density at radius 2 is 1.45 bits per heavy atom. The van der Waals surface area contributed by atoms with E-state index in [1.807, 2.05) is 0 Å². The Labute approximate surface area is 316 Å². The van der Waals surface area contributed by atoms with Crippen LogP contribution in [-0.4, -0.2) is 40.2 Å². The second-order valence-corrected chi connectivity index (χ2v) is 15.3. The molecule has 0 N–H and O–H groups in total. The zero-order valence-corrected chi connectivity index (χ0v) is 31.4. The zero-order valence-electron chi connectivity index (χ0n) is 31.4. The molecule has 4 nitrogen and oxygen atoms in total. The van der Waals surface area contributed by atoms with Crippen LogP contribution in [0.5, 0.6) is 0 Å². The summed E-state index contributed by atoms with van der Waals surface area (Å²) >= 11 is 0. The summed E-state index contributed by atoms with van der Waals surface area (Å²) in [4.78, 5) is 7.85. The van der Waals surface area contributed by atoms with Crippen molar-refractivity contribution in [2.24, 2.45) is 11.8 Å². The van der Waals surface area contributed by atoms with Gasteiger partial charge in [0.1, 0.15) is 0 Å². The van der Waals surface area contributed by atoms with Gasteiger partial charge in [0, 0.05) is 75.6 Å². The summed E-state index contributed by atoms with van der Waals surface area (Å²) in [7, 11) is 0. The van der Waals surface area contributed by atoms with Crippen LogP contribution in [-0.2, 0) is 6.42 Å². The van der Waals surface area contributed by atoms with E-state index >= 15 is 0 Å². The third-order valence-corrected chi connectivity index (χ3v) is 12.4. The van der Waals surface area contributed by atoms with Gasteiger partial charge in [-0.1, -0.05) is 97.2 Å². The Balaban J connectivity index is 1.06.